The van der Waals surface area contributed by atoms with E-state index in [2.05, 4.69) is 5.32 Å². The average Bonchev–Trinajstić information content (AvgIpc) is 1.83. The van der Waals surface area contributed by atoms with Gasteiger partial charge in [0.05, 0.1) is 6.54 Å². The second-order valence-electron chi connectivity index (χ2n) is 2.53. The van der Waals surface area contributed by atoms with Crippen molar-refractivity contribution in [2.45, 2.75) is 12.2 Å². The summed E-state index contributed by atoms with van der Waals surface area (Å²) in [5, 5.41) is 2.59. The number of nitrogens with zero attached hydrogens (tertiary/aromatic N) is 1. The first-order valence-electron chi connectivity index (χ1n) is 3.26. The van der Waals surface area contributed by atoms with Crippen LogP contribution in [0.15, 0.2) is 0 Å². The topological polar surface area (TPSA) is 58.4 Å². The fraction of sp³-hybridized carbons (Fsp3) is 0.800. The first-order chi connectivity index (χ1) is 5.41. The highest BCUT2D eigenvalue weighted by Gasteiger charge is 2.45. The van der Waals surface area contributed by atoms with Crippen molar-refractivity contribution in [3.8, 4) is 0 Å². The van der Waals surface area contributed by atoms with Crippen molar-refractivity contribution >= 4 is 5.91 Å². The van der Waals surface area contributed by atoms with Crippen LogP contribution in [0.2, 0.25) is 0 Å². The van der Waals surface area contributed by atoms with E-state index < -0.39 is 31.2 Å². The van der Waals surface area contributed by atoms with Gasteiger partial charge in [-0.3, -0.25) is 10.6 Å². The van der Waals surface area contributed by atoms with E-state index in [-0.39, 0.29) is 0 Å². The van der Waals surface area contributed by atoms with Crippen LogP contribution in [0.25, 0.3) is 0 Å². The summed E-state index contributed by atoms with van der Waals surface area (Å²) in [7, 11) is 0. The van der Waals surface area contributed by atoms with Crippen LogP contribution < -0.4 is 11.2 Å². The molecule has 0 unspecified atom stereocenters. The molecule has 0 spiro atoms. The molecule has 70 valence electrons. The Labute approximate surface area is 66.5 Å². The SMILES string of the molecule is NN1CC(=O)NC[C@H]1C(F)(F)F. The van der Waals surface area contributed by atoms with E-state index in [9.17, 15) is 18.0 Å². The molecule has 0 saturated carbocycles. The summed E-state index contributed by atoms with van der Waals surface area (Å²) >= 11 is 0. The molecule has 1 amide bonds. The van der Waals surface area contributed by atoms with E-state index in [0.29, 0.717) is 5.01 Å². The van der Waals surface area contributed by atoms with Gasteiger partial charge in [-0.25, -0.2) is 5.01 Å². The van der Waals surface area contributed by atoms with Crippen molar-refractivity contribution < 1.29 is 18.0 Å². The van der Waals surface area contributed by atoms with E-state index in [4.69, 9.17) is 5.84 Å². The molecule has 0 bridgehead atoms. The molecule has 1 fully saturated rings. The lowest BCUT2D eigenvalue weighted by molar-refractivity contribution is -0.189. The van der Waals surface area contributed by atoms with Crippen LogP contribution in [0.4, 0.5) is 13.2 Å². The number of halogens is 3. The maximum atomic E-state index is 12.0. The number of hydrogen-bond acceptors (Lipinski definition) is 3. The molecule has 1 heterocycles. The highest BCUT2D eigenvalue weighted by molar-refractivity contribution is 5.78. The van der Waals surface area contributed by atoms with Gasteiger partial charge in [0.1, 0.15) is 6.04 Å². The van der Waals surface area contributed by atoms with E-state index >= 15 is 0 Å². The Bertz CT molecular complexity index is 193. The van der Waals surface area contributed by atoms with Gasteiger partial charge >= 0.3 is 6.18 Å². The number of hydrazine groups is 1. The predicted octanol–water partition coefficient (Wildman–Crippen LogP) is -0.777. The quantitative estimate of drug-likeness (QED) is 0.484. The minimum Gasteiger partial charge on any atom is -0.353 e. The molecule has 0 radical (unpaired) electrons. The van der Waals surface area contributed by atoms with Gasteiger partial charge in [0, 0.05) is 6.54 Å². The van der Waals surface area contributed by atoms with Crippen molar-refractivity contribution in [3.63, 3.8) is 0 Å². The summed E-state index contributed by atoms with van der Waals surface area (Å²) in [5.74, 6) is 4.52. The van der Waals surface area contributed by atoms with Crippen molar-refractivity contribution in [1.82, 2.24) is 10.3 Å². The van der Waals surface area contributed by atoms with E-state index in [0.717, 1.165) is 0 Å². The highest BCUT2D eigenvalue weighted by atomic mass is 19.4. The standard InChI is InChI=1S/C5H8F3N3O/c6-5(7,8)3-1-10-4(12)2-11(3)9/h3H,1-2,9H2,(H,10,12)/t3-/m0/s1. The summed E-state index contributed by atoms with van der Waals surface area (Å²) in [5.41, 5.74) is 0. The molecule has 3 N–H and O–H groups in total. The van der Waals surface area contributed by atoms with Crippen LogP contribution in [0.3, 0.4) is 0 Å². The van der Waals surface area contributed by atoms with Crippen molar-refractivity contribution in [3.05, 3.63) is 0 Å². The molecule has 0 aromatic carbocycles. The molecule has 12 heavy (non-hydrogen) atoms. The minimum absolute atomic E-state index is 0.413. The van der Waals surface area contributed by atoms with Gasteiger partial charge in [-0.15, -0.1) is 0 Å². The Morgan fingerprint density at radius 3 is 2.58 bits per heavy atom. The van der Waals surface area contributed by atoms with Gasteiger partial charge in [0.25, 0.3) is 0 Å². The first-order valence-corrected chi connectivity index (χ1v) is 3.26. The summed E-state index contributed by atoms with van der Waals surface area (Å²) in [6.07, 6.45) is -4.39. The molecule has 0 aliphatic carbocycles. The molecule has 0 aromatic heterocycles. The molecular weight excluding hydrogens is 175 g/mol. The molecule has 1 saturated heterocycles. The number of rotatable bonds is 0. The Morgan fingerprint density at radius 2 is 2.17 bits per heavy atom. The third-order valence-electron chi connectivity index (χ3n) is 1.60. The summed E-state index contributed by atoms with van der Waals surface area (Å²) < 4.78 is 36.1. The molecule has 1 atom stereocenters. The van der Waals surface area contributed by atoms with Gasteiger partial charge in [-0.2, -0.15) is 13.2 Å². The zero-order valence-electron chi connectivity index (χ0n) is 6.06. The summed E-state index contributed by atoms with van der Waals surface area (Å²) in [4.78, 5) is 10.5. The lowest BCUT2D eigenvalue weighted by Gasteiger charge is -2.32. The van der Waals surface area contributed by atoms with E-state index in [1.54, 1.807) is 0 Å². The Morgan fingerprint density at radius 1 is 1.58 bits per heavy atom. The van der Waals surface area contributed by atoms with E-state index in [1.807, 2.05) is 0 Å². The van der Waals surface area contributed by atoms with Gasteiger partial charge in [-0.05, 0) is 0 Å². The van der Waals surface area contributed by atoms with Gasteiger partial charge in [0.15, 0.2) is 0 Å². The summed E-state index contributed by atoms with van der Waals surface area (Å²) in [6.45, 7) is -0.886. The third-order valence-corrected chi connectivity index (χ3v) is 1.60. The number of hydrogen-bond donors (Lipinski definition) is 2. The fourth-order valence-corrected chi connectivity index (χ4v) is 0.963. The maximum absolute atomic E-state index is 12.0. The minimum atomic E-state index is -4.39. The second kappa shape index (κ2) is 2.91. The predicted molar refractivity (Wildman–Crippen MR) is 33.7 cm³/mol. The highest BCUT2D eigenvalue weighted by Crippen LogP contribution is 2.23. The van der Waals surface area contributed by atoms with Crippen LogP contribution in [-0.4, -0.2) is 36.2 Å². The molecule has 4 nitrogen and oxygen atoms in total. The normalized spacial score (nSPS) is 27.0. The van der Waals surface area contributed by atoms with Crippen LogP contribution in [-0.2, 0) is 4.79 Å². The van der Waals surface area contributed by atoms with Gasteiger partial charge < -0.3 is 5.32 Å². The molecule has 1 rings (SSSR count). The maximum Gasteiger partial charge on any atom is 0.407 e. The van der Waals surface area contributed by atoms with Crippen molar-refractivity contribution in [2.24, 2.45) is 5.84 Å². The average molecular weight is 183 g/mol. The number of carbonyl (C=O) groups is 1. The lowest BCUT2D eigenvalue weighted by Crippen LogP contribution is -2.62. The van der Waals surface area contributed by atoms with E-state index in [1.165, 1.54) is 0 Å². The number of nitrogens with one attached hydrogen (secondary N) is 1. The lowest BCUT2D eigenvalue weighted by atomic mass is 10.2. The van der Waals surface area contributed by atoms with Crippen LogP contribution in [0, 0.1) is 0 Å². The smallest absolute Gasteiger partial charge is 0.353 e. The zero-order valence-corrected chi connectivity index (χ0v) is 6.06. The van der Waals surface area contributed by atoms with Crippen LogP contribution in [0.1, 0.15) is 0 Å². The molecule has 1 aliphatic rings. The molecular formula is C5H8F3N3O. The van der Waals surface area contributed by atoms with Gasteiger partial charge in [0.2, 0.25) is 5.91 Å². The zero-order chi connectivity index (χ0) is 9.35. The molecule has 1 aliphatic heterocycles. The number of nitrogens with two attached hydrogens (primary N) is 1. The van der Waals surface area contributed by atoms with Crippen LogP contribution >= 0.6 is 0 Å². The monoisotopic (exact) mass is 183 g/mol. The Kier molecular flexibility index (Phi) is 2.25. The number of alkyl halides is 3. The molecule has 0 aromatic rings. The summed E-state index contributed by atoms with van der Waals surface area (Å²) in [6, 6.07) is -1.77. The largest absolute Gasteiger partial charge is 0.407 e. The molecule has 7 heteroatoms. The van der Waals surface area contributed by atoms with Crippen molar-refractivity contribution in [1.29, 1.82) is 0 Å². The second-order valence-corrected chi connectivity index (χ2v) is 2.53. The first kappa shape index (κ1) is 9.27. The number of carbonyl (C=O) groups excluding carboxylic acids is 1. The Hall–Kier alpha value is -0.820. The number of piperazine rings is 1. The van der Waals surface area contributed by atoms with Crippen molar-refractivity contribution in [2.75, 3.05) is 13.1 Å². The number of amides is 1. The fourth-order valence-electron chi connectivity index (χ4n) is 0.963. The van der Waals surface area contributed by atoms with Crippen LogP contribution in [0.5, 0.6) is 0 Å². The van der Waals surface area contributed by atoms with Gasteiger partial charge in [-0.1, -0.05) is 0 Å². The Balaban J connectivity index is 2.62. The third kappa shape index (κ3) is 1.86.